The Morgan fingerprint density at radius 3 is 2.84 bits per heavy atom. The van der Waals surface area contributed by atoms with E-state index in [-0.39, 0.29) is 0 Å². The van der Waals surface area contributed by atoms with E-state index < -0.39 is 6.10 Å². The first-order valence-corrected chi connectivity index (χ1v) is 6.44. The van der Waals surface area contributed by atoms with Crippen LogP contribution in [0.5, 0.6) is 0 Å². The van der Waals surface area contributed by atoms with Crippen molar-refractivity contribution in [2.45, 2.75) is 12.5 Å². The highest BCUT2D eigenvalue weighted by atomic mass is 35.5. The molecular formula is C13H10Cl2N2O2. The quantitative estimate of drug-likeness (QED) is 0.774. The fraction of sp³-hybridized carbons (Fsp3) is 0.154. The van der Waals surface area contributed by atoms with Crippen LogP contribution < -0.4 is 0 Å². The van der Waals surface area contributed by atoms with Gasteiger partial charge in [0.25, 0.3) is 0 Å². The van der Waals surface area contributed by atoms with Crippen molar-refractivity contribution in [3.63, 3.8) is 0 Å². The molecule has 0 bridgehead atoms. The summed E-state index contributed by atoms with van der Waals surface area (Å²) in [7, 11) is 0. The molecule has 0 saturated heterocycles. The van der Waals surface area contributed by atoms with Crippen molar-refractivity contribution >= 4 is 34.2 Å². The van der Waals surface area contributed by atoms with Gasteiger partial charge in [-0.3, -0.25) is 0 Å². The smallest absolute Gasteiger partial charge is 0.132 e. The van der Waals surface area contributed by atoms with E-state index in [0.29, 0.717) is 28.1 Å². The van der Waals surface area contributed by atoms with Gasteiger partial charge in [0.05, 0.1) is 27.3 Å². The highest BCUT2D eigenvalue weighted by molar-refractivity contribution is 6.42. The molecule has 2 aromatic heterocycles. The monoisotopic (exact) mass is 296 g/mol. The Bertz CT molecular complexity index is 668. The summed E-state index contributed by atoms with van der Waals surface area (Å²) in [5.74, 6) is 1.16. The molecule has 3 rings (SSSR count). The average molecular weight is 297 g/mol. The number of rotatable bonds is 3. The second-order valence-electron chi connectivity index (χ2n) is 4.20. The van der Waals surface area contributed by atoms with Crippen molar-refractivity contribution in [3.8, 4) is 0 Å². The number of aromatic nitrogens is 2. The van der Waals surface area contributed by atoms with Crippen LogP contribution in [0.2, 0.25) is 10.0 Å². The zero-order chi connectivity index (χ0) is 13.4. The second-order valence-corrected chi connectivity index (χ2v) is 5.02. The van der Waals surface area contributed by atoms with Crippen molar-refractivity contribution in [1.29, 1.82) is 0 Å². The largest absolute Gasteiger partial charge is 0.467 e. The predicted octanol–water partition coefficient (Wildman–Crippen LogP) is 3.74. The van der Waals surface area contributed by atoms with Gasteiger partial charge in [0, 0.05) is 6.42 Å². The number of hydrogen-bond acceptors (Lipinski definition) is 3. The summed E-state index contributed by atoms with van der Waals surface area (Å²) >= 11 is 11.9. The summed E-state index contributed by atoms with van der Waals surface area (Å²) in [6, 6.07) is 6.87. The number of halogens is 2. The standard InChI is InChI=1S/C13H10Cl2N2O2/c14-7-4-9-10(5-8(7)15)17-13(16-9)6-11(18)12-2-1-3-19-12/h1-5,11,18H,6H2,(H,16,17). The number of imidazole rings is 1. The van der Waals surface area contributed by atoms with E-state index >= 15 is 0 Å². The third-order valence-electron chi connectivity index (χ3n) is 2.83. The molecule has 0 aliphatic carbocycles. The summed E-state index contributed by atoms with van der Waals surface area (Å²) in [6.45, 7) is 0. The number of H-pyrrole nitrogens is 1. The van der Waals surface area contributed by atoms with Gasteiger partial charge in [-0.05, 0) is 24.3 Å². The number of aromatic amines is 1. The van der Waals surface area contributed by atoms with E-state index in [1.54, 1.807) is 24.3 Å². The molecule has 2 N–H and O–H groups in total. The van der Waals surface area contributed by atoms with Crippen LogP contribution in [-0.2, 0) is 6.42 Å². The van der Waals surface area contributed by atoms with E-state index in [1.807, 2.05) is 0 Å². The SMILES string of the molecule is OC(Cc1nc2cc(Cl)c(Cl)cc2[nH]1)c1ccco1. The Morgan fingerprint density at radius 1 is 1.32 bits per heavy atom. The van der Waals surface area contributed by atoms with E-state index in [9.17, 15) is 5.11 Å². The third-order valence-corrected chi connectivity index (χ3v) is 3.55. The highest BCUT2D eigenvalue weighted by Crippen LogP contribution is 2.27. The number of nitrogens with zero attached hydrogens (tertiary/aromatic N) is 1. The predicted molar refractivity (Wildman–Crippen MR) is 73.5 cm³/mol. The first-order valence-electron chi connectivity index (χ1n) is 5.68. The Kier molecular flexibility index (Phi) is 3.22. The molecule has 0 saturated carbocycles. The van der Waals surface area contributed by atoms with Crippen LogP contribution in [0.1, 0.15) is 17.7 Å². The Balaban J connectivity index is 1.89. The first kappa shape index (κ1) is 12.5. The first-order chi connectivity index (χ1) is 9.13. The maximum absolute atomic E-state index is 9.99. The van der Waals surface area contributed by atoms with Gasteiger partial charge in [-0.2, -0.15) is 0 Å². The molecule has 98 valence electrons. The number of aliphatic hydroxyl groups is 1. The fourth-order valence-electron chi connectivity index (χ4n) is 1.92. The fourth-order valence-corrected chi connectivity index (χ4v) is 2.24. The Labute approximate surface area is 119 Å². The van der Waals surface area contributed by atoms with Gasteiger partial charge < -0.3 is 14.5 Å². The van der Waals surface area contributed by atoms with Crippen LogP contribution >= 0.6 is 23.2 Å². The van der Waals surface area contributed by atoms with Crippen LogP contribution in [0.25, 0.3) is 11.0 Å². The molecule has 0 radical (unpaired) electrons. The minimum Gasteiger partial charge on any atom is -0.467 e. The Hall–Kier alpha value is -1.49. The van der Waals surface area contributed by atoms with Crippen molar-refractivity contribution < 1.29 is 9.52 Å². The number of aliphatic hydroxyl groups excluding tert-OH is 1. The minimum atomic E-state index is -0.735. The molecule has 6 heteroatoms. The third kappa shape index (κ3) is 2.47. The van der Waals surface area contributed by atoms with Gasteiger partial charge in [-0.1, -0.05) is 23.2 Å². The average Bonchev–Trinajstić information content (AvgIpc) is 2.98. The van der Waals surface area contributed by atoms with E-state index in [2.05, 4.69) is 9.97 Å². The lowest BCUT2D eigenvalue weighted by atomic mass is 10.2. The van der Waals surface area contributed by atoms with E-state index in [0.717, 1.165) is 11.0 Å². The zero-order valence-corrected chi connectivity index (χ0v) is 11.2. The number of fused-ring (bicyclic) bond motifs is 1. The topological polar surface area (TPSA) is 62.1 Å². The number of furan rings is 1. The molecule has 1 atom stereocenters. The van der Waals surface area contributed by atoms with Crippen LogP contribution in [0.4, 0.5) is 0 Å². The molecule has 1 aromatic carbocycles. The van der Waals surface area contributed by atoms with Crippen LogP contribution in [-0.4, -0.2) is 15.1 Å². The maximum atomic E-state index is 9.99. The molecule has 0 aliphatic heterocycles. The lowest BCUT2D eigenvalue weighted by Crippen LogP contribution is -2.01. The molecular weight excluding hydrogens is 287 g/mol. The maximum Gasteiger partial charge on any atom is 0.132 e. The molecule has 2 heterocycles. The van der Waals surface area contributed by atoms with Crippen molar-refractivity contribution in [3.05, 3.63) is 52.2 Å². The number of nitrogens with one attached hydrogen (secondary N) is 1. The summed E-state index contributed by atoms with van der Waals surface area (Å²) in [4.78, 5) is 7.46. The van der Waals surface area contributed by atoms with Gasteiger partial charge in [0.1, 0.15) is 17.7 Å². The molecule has 1 unspecified atom stereocenters. The Morgan fingerprint density at radius 2 is 2.11 bits per heavy atom. The van der Waals surface area contributed by atoms with Crippen molar-refractivity contribution in [1.82, 2.24) is 9.97 Å². The second kappa shape index (κ2) is 4.89. The highest BCUT2D eigenvalue weighted by Gasteiger charge is 2.14. The number of hydrogen-bond donors (Lipinski definition) is 2. The number of benzene rings is 1. The molecule has 0 fully saturated rings. The van der Waals surface area contributed by atoms with Gasteiger partial charge in [0.15, 0.2) is 0 Å². The van der Waals surface area contributed by atoms with Gasteiger partial charge in [0.2, 0.25) is 0 Å². The molecule has 19 heavy (non-hydrogen) atoms. The van der Waals surface area contributed by atoms with Crippen LogP contribution in [0, 0.1) is 0 Å². The summed E-state index contributed by atoms with van der Waals surface area (Å²) in [5.41, 5.74) is 1.51. The van der Waals surface area contributed by atoms with E-state index in [4.69, 9.17) is 27.6 Å². The van der Waals surface area contributed by atoms with Crippen LogP contribution in [0.15, 0.2) is 34.9 Å². The van der Waals surface area contributed by atoms with E-state index in [1.165, 1.54) is 6.26 Å². The van der Waals surface area contributed by atoms with Crippen molar-refractivity contribution in [2.24, 2.45) is 0 Å². The normalized spacial score (nSPS) is 13.0. The lowest BCUT2D eigenvalue weighted by molar-refractivity contribution is 0.148. The summed E-state index contributed by atoms with van der Waals surface area (Å²) in [5, 5.41) is 10.9. The minimum absolute atomic E-state index is 0.331. The molecule has 4 nitrogen and oxygen atoms in total. The van der Waals surface area contributed by atoms with Crippen LogP contribution in [0.3, 0.4) is 0 Å². The summed E-state index contributed by atoms with van der Waals surface area (Å²) in [6.07, 6.45) is 1.12. The molecule has 3 aromatic rings. The van der Waals surface area contributed by atoms with Gasteiger partial charge >= 0.3 is 0 Å². The molecule has 0 aliphatic rings. The van der Waals surface area contributed by atoms with Gasteiger partial charge in [-0.25, -0.2) is 4.98 Å². The van der Waals surface area contributed by atoms with Crippen molar-refractivity contribution in [2.75, 3.05) is 0 Å². The lowest BCUT2D eigenvalue weighted by Gasteiger charge is -2.04. The molecule has 0 amide bonds. The van der Waals surface area contributed by atoms with Gasteiger partial charge in [-0.15, -0.1) is 0 Å². The zero-order valence-electron chi connectivity index (χ0n) is 9.73. The molecule has 0 spiro atoms. The summed E-state index contributed by atoms with van der Waals surface area (Å²) < 4.78 is 5.15.